The van der Waals surface area contributed by atoms with Gasteiger partial charge >= 0.3 is 0 Å². The standard InChI is InChI=1S/B.Ba.Cs.HI.Se/h;;;1H;. The molecule has 0 aliphatic carbocycles. The van der Waals surface area contributed by atoms with Gasteiger partial charge in [0.05, 0.1) is 0 Å². The Bertz CT molecular complexity index is 11.6. The Kier molecular flexibility index (Phi) is 150. The molecule has 0 aromatic heterocycles. The zero-order valence-corrected chi connectivity index (χ0v) is 17.9. The summed E-state index contributed by atoms with van der Waals surface area (Å²) in [5, 5.41) is 0. The van der Waals surface area contributed by atoms with Crippen molar-refractivity contribution >= 4 is 167 Å². The molecule has 0 aromatic rings. The Balaban J connectivity index is 0. The van der Waals surface area contributed by atoms with Crippen molar-refractivity contribution < 1.29 is 0 Å². The van der Waals surface area contributed by atoms with E-state index in [1.54, 1.807) is 0 Å². The van der Waals surface area contributed by atoms with Crippen LogP contribution in [0.3, 0.4) is 0 Å². The third kappa shape index (κ3) is 17.6. The van der Waals surface area contributed by atoms with Gasteiger partial charge < -0.3 is 0 Å². The summed E-state index contributed by atoms with van der Waals surface area (Å²) in [4.78, 5) is 0. The summed E-state index contributed by atoms with van der Waals surface area (Å²) >= 11 is 0. The molecule has 5 heavy (non-hydrogen) atoms. The Morgan fingerprint density at radius 3 is 1.00 bits per heavy atom. The minimum atomic E-state index is 0. The molecule has 0 aromatic carbocycles. The van der Waals surface area contributed by atoms with E-state index in [1.807, 2.05) is 0 Å². The molecule has 0 rings (SSSR count). The van der Waals surface area contributed by atoms with Gasteiger partial charge in [0.2, 0.25) is 0 Å². The van der Waals surface area contributed by atoms with E-state index in [-0.39, 0.29) is 167 Å². The van der Waals surface area contributed by atoms with Gasteiger partial charge in [0, 0.05) is 143 Å². The molecule has 0 aliphatic rings. The van der Waals surface area contributed by atoms with Crippen LogP contribution in [0.25, 0.3) is 0 Å². The third-order valence-corrected chi connectivity index (χ3v) is 0. The van der Waals surface area contributed by atoms with Crippen molar-refractivity contribution in [2.24, 2.45) is 0 Å². The van der Waals surface area contributed by atoms with Gasteiger partial charge in [0.15, 0.2) is 0 Å². The van der Waals surface area contributed by atoms with Crippen molar-refractivity contribution in [1.82, 2.24) is 0 Å². The molecular formula is HBBaCsISe. The summed E-state index contributed by atoms with van der Waals surface area (Å²) in [6.45, 7) is 0. The zero-order chi connectivity index (χ0) is 0. The first-order valence-electron chi connectivity index (χ1n) is 0. The third-order valence-electron chi connectivity index (χ3n) is 0. The largest absolute Gasteiger partial charge is 0.107 e. The Hall–Kier alpha value is 4.94. The van der Waals surface area contributed by atoms with Gasteiger partial charge in [-0.3, -0.25) is 0 Å². The van der Waals surface area contributed by atoms with Crippen molar-refractivity contribution in [1.29, 1.82) is 0 Å². The average molecular weight is 488 g/mol. The minimum Gasteiger partial charge on any atom is -0.107 e. The van der Waals surface area contributed by atoms with E-state index in [2.05, 4.69) is 0 Å². The summed E-state index contributed by atoms with van der Waals surface area (Å²) in [7, 11) is 0. The molecule has 0 amide bonds. The Morgan fingerprint density at radius 1 is 1.00 bits per heavy atom. The van der Waals surface area contributed by atoms with E-state index in [0.29, 0.717) is 0 Å². The number of halogens is 1. The van der Waals surface area contributed by atoms with Crippen LogP contribution in [0.5, 0.6) is 0 Å². The molecule has 0 saturated heterocycles. The fourth-order valence-corrected chi connectivity index (χ4v) is 0. The number of hydrogen-bond donors (Lipinski definition) is 0. The maximum atomic E-state index is 0. The first-order valence-corrected chi connectivity index (χ1v) is 0. The molecule has 0 unspecified atom stereocenters. The van der Waals surface area contributed by atoms with Crippen LogP contribution in [0.4, 0.5) is 0 Å². The van der Waals surface area contributed by atoms with Gasteiger partial charge in [-0.2, -0.15) is 0 Å². The normalized spacial score (nSPS) is 0. The number of rotatable bonds is 0. The molecule has 0 fully saturated rings. The molecule has 0 bridgehead atoms. The van der Waals surface area contributed by atoms with E-state index < -0.39 is 0 Å². The molecular weight excluding hydrogens is 487 g/mol. The fraction of sp³-hybridized carbons (Fsp3) is 0. The summed E-state index contributed by atoms with van der Waals surface area (Å²) in [5.74, 6) is 0. The molecule has 0 spiro atoms. The molecule has 5 heteroatoms. The van der Waals surface area contributed by atoms with E-state index in [1.165, 1.54) is 0 Å². The van der Waals surface area contributed by atoms with Gasteiger partial charge in [-0.25, -0.2) is 0 Å². The topological polar surface area (TPSA) is 0 Å². The van der Waals surface area contributed by atoms with Gasteiger partial charge in [-0.05, 0) is 0 Å². The average Bonchev–Trinajstić information content (AvgIpc) is 0. The molecule has 0 heterocycles. The Morgan fingerprint density at radius 2 is 1.00 bits per heavy atom. The van der Waals surface area contributed by atoms with Crippen molar-refractivity contribution in [3.8, 4) is 0 Å². The molecule has 0 atom stereocenters. The summed E-state index contributed by atoms with van der Waals surface area (Å²) in [5.41, 5.74) is 0. The maximum Gasteiger partial charge on any atom is 0 e. The van der Waals surface area contributed by atoms with E-state index in [0.717, 1.165) is 0 Å². The van der Waals surface area contributed by atoms with Gasteiger partial charge in [0.25, 0.3) is 0 Å². The van der Waals surface area contributed by atoms with E-state index in [9.17, 15) is 0 Å². The van der Waals surface area contributed by atoms with Gasteiger partial charge in [-0.15, -0.1) is 24.0 Å². The molecule has 8 radical (unpaired) electrons. The predicted molar refractivity (Wildman–Crippen MR) is 38.4 cm³/mol. The first-order chi connectivity index (χ1) is 0. The number of hydrogen-bond acceptors (Lipinski definition) is 0. The van der Waals surface area contributed by atoms with Crippen LogP contribution >= 0.6 is 24.0 Å². The fourth-order valence-electron chi connectivity index (χ4n) is 0. The van der Waals surface area contributed by atoms with Gasteiger partial charge in [0.1, 0.15) is 0 Å². The SMILES string of the molecule is I.[B].[Ba].[Cs].[Se]. The maximum absolute atomic E-state index is 0. The predicted octanol–water partition coefficient (Wildman–Crippen LogP) is -0.905. The molecule has 0 saturated carbocycles. The molecule has 0 nitrogen and oxygen atoms in total. The monoisotopic (exact) mass is 490 g/mol. The van der Waals surface area contributed by atoms with Crippen LogP contribution in [0.1, 0.15) is 0 Å². The Labute approximate surface area is 161 Å². The van der Waals surface area contributed by atoms with Crippen molar-refractivity contribution in [2.75, 3.05) is 0 Å². The van der Waals surface area contributed by atoms with Crippen LogP contribution in [0, 0.1) is 0 Å². The van der Waals surface area contributed by atoms with Crippen LogP contribution in [0.2, 0.25) is 0 Å². The summed E-state index contributed by atoms with van der Waals surface area (Å²) in [6.07, 6.45) is 0. The zero-order valence-electron chi connectivity index (χ0n) is 3.10. The smallest absolute Gasteiger partial charge is 0 e. The minimum absolute atomic E-state index is 0. The van der Waals surface area contributed by atoms with Crippen LogP contribution in [-0.4, -0.2) is 143 Å². The first kappa shape index (κ1) is 32.6. The van der Waals surface area contributed by atoms with Crippen LogP contribution in [-0.2, 0) is 0 Å². The summed E-state index contributed by atoms with van der Waals surface area (Å²) in [6, 6.07) is 0. The molecule has 20 valence electrons. The second kappa shape index (κ2) is 23.1. The molecule has 0 aliphatic heterocycles. The van der Waals surface area contributed by atoms with Crippen molar-refractivity contribution in [3.63, 3.8) is 0 Å². The van der Waals surface area contributed by atoms with Crippen molar-refractivity contribution in [3.05, 3.63) is 0 Å². The van der Waals surface area contributed by atoms with Crippen molar-refractivity contribution in [2.45, 2.75) is 0 Å². The second-order valence-corrected chi connectivity index (χ2v) is 0. The van der Waals surface area contributed by atoms with E-state index in [4.69, 9.17) is 0 Å². The molecule has 0 N–H and O–H groups in total. The second-order valence-electron chi connectivity index (χ2n) is 0. The van der Waals surface area contributed by atoms with Crippen LogP contribution in [0.15, 0.2) is 0 Å². The van der Waals surface area contributed by atoms with E-state index >= 15 is 0 Å². The summed E-state index contributed by atoms with van der Waals surface area (Å²) < 4.78 is 0. The van der Waals surface area contributed by atoms with Crippen LogP contribution < -0.4 is 0 Å². The quantitative estimate of drug-likeness (QED) is 0.307. The van der Waals surface area contributed by atoms with Gasteiger partial charge in [-0.1, -0.05) is 0 Å².